The molecule has 0 unspecified atom stereocenters. The highest BCUT2D eigenvalue weighted by Gasteiger charge is 2.19. The van der Waals surface area contributed by atoms with Crippen molar-refractivity contribution in [2.24, 2.45) is 0 Å². The zero-order chi connectivity index (χ0) is 15.6. The van der Waals surface area contributed by atoms with Gasteiger partial charge in [0.1, 0.15) is 0 Å². The molecule has 3 nitrogen and oxygen atoms in total. The minimum atomic E-state index is -0.465. The fraction of sp³-hybridized carbons (Fsp3) is 0.353. The highest BCUT2D eigenvalue weighted by atomic mass is 32.2. The Labute approximate surface area is 130 Å². The minimum Gasteiger partial charge on any atom is -0.623 e. The number of nitrogens with zero attached hydrogens (tertiary/aromatic N) is 1. The molecule has 21 heavy (non-hydrogen) atoms. The molecule has 2 aromatic rings. The molecule has 0 aliphatic heterocycles. The summed E-state index contributed by atoms with van der Waals surface area (Å²) < 4.78 is 6.61. The number of furan rings is 1. The number of hydroxylamine groups is 1. The normalized spacial score (nSPS) is 12.7. The molecule has 0 fully saturated rings. The van der Waals surface area contributed by atoms with E-state index in [0.29, 0.717) is 5.76 Å². The van der Waals surface area contributed by atoms with Gasteiger partial charge in [-0.15, -0.1) is 0 Å². The molecule has 0 amide bonds. The van der Waals surface area contributed by atoms with Gasteiger partial charge in [0.2, 0.25) is 6.21 Å². The standard InChI is InChI=1S/C17H21NO2S/c1-12-8-13(2)10-15(9-12)21-16-7-6-14(20-16)11-18(19)17(3,4)5/h6-11H,1-5H3/b18-11-. The maximum absolute atomic E-state index is 11.9. The van der Waals surface area contributed by atoms with E-state index in [4.69, 9.17) is 4.42 Å². The minimum absolute atomic E-state index is 0.465. The van der Waals surface area contributed by atoms with Crippen molar-refractivity contribution in [3.8, 4) is 0 Å². The summed E-state index contributed by atoms with van der Waals surface area (Å²) in [4.78, 5) is 1.14. The SMILES string of the molecule is Cc1cc(C)cc(Sc2ccc(/C=[N+](\[O-])C(C)(C)C)o2)c1. The lowest BCUT2D eigenvalue weighted by Crippen LogP contribution is -2.29. The summed E-state index contributed by atoms with van der Waals surface area (Å²) in [6, 6.07) is 10.1. The van der Waals surface area contributed by atoms with Crippen LogP contribution < -0.4 is 0 Å². The molecule has 0 bridgehead atoms. The molecule has 0 saturated carbocycles. The number of hydrogen-bond donors (Lipinski definition) is 0. The summed E-state index contributed by atoms with van der Waals surface area (Å²) in [6.45, 7) is 9.76. The zero-order valence-electron chi connectivity index (χ0n) is 13.1. The summed E-state index contributed by atoms with van der Waals surface area (Å²) in [5.74, 6) is 0.576. The highest BCUT2D eigenvalue weighted by molar-refractivity contribution is 7.99. The number of aryl methyl sites for hydroxylation is 2. The molecule has 0 aliphatic carbocycles. The Kier molecular flexibility index (Phi) is 4.47. The van der Waals surface area contributed by atoms with E-state index in [9.17, 15) is 5.21 Å². The third-order valence-electron chi connectivity index (χ3n) is 2.92. The fourth-order valence-electron chi connectivity index (χ4n) is 1.88. The van der Waals surface area contributed by atoms with Gasteiger partial charge in [-0.05, 0) is 49.2 Å². The molecule has 4 heteroatoms. The fourth-order valence-corrected chi connectivity index (χ4v) is 2.87. The van der Waals surface area contributed by atoms with Crippen LogP contribution in [0, 0.1) is 19.1 Å². The molecule has 2 rings (SSSR count). The van der Waals surface area contributed by atoms with E-state index in [2.05, 4.69) is 32.0 Å². The van der Waals surface area contributed by atoms with Gasteiger partial charge in [-0.3, -0.25) is 0 Å². The third-order valence-corrected chi connectivity index (χ3v) is 3.81. The first kappa shape index (κ1) is 15.7. The highest BCUT2D eigenvalue weighted by Crippen LogP contribution is 2.30. The second-order valence-corrected chi connectivity index (χ2v) is 7.29. The maximum Gasteiger partial charge on any atom is 0.218 e. The van der Waals surface area contributed by atoms with E-state index in [1.54, 1.807) is 11.8 Å². The van der Waals surface area contributed by atoms with Gasteiger partial charge in [0, 0.05) is 25.7 Å². The predicted molar refractivity (Wildman–Crippen MR) is 87.3 cm³/mol. The summed E-state index contributed by atoms with van der Waals surface area (Å²) >= 11 is 1.56. The molecule has 0 spiro atoms. The van der Waals surface area contributed by atoms with Crippen molar-refractivity contribution in [1.29, 1.82) is 0 Å². The van der Waals surface area contributed by atoms with Crippen molar-refractivity contribution in [3.63, 3.8) is 0 Å². The van der Waals surface area contributed by atoms with Crippen LogP contribution in [0.15, 0.2) is 44.7 Å². The second kappa shape index (κ2) is 5.98. The first-order valence-electron chi connectivity index (χ1n) is 6.91. The van der Waals surface area contributed by atoms with Crippen molar-refractivity contribution in [3.05, 3.63) is 52.4 Å². The van der Waals surface area contributed by atoms with Gasteiger partial charge < -0.3 is 9.62 Å². The monoisotopic (exact) mass is 303 g/mol. The molecule has 0 radical (unpaired) electrons. The molecular formula is C17H21NO2S. The van der Waals surface area contributed by atoms with Gasteiger partial charge in [-0.2, -0.15) is 0 Å². The molecule has 1 heterocycles. The van der Waals surface area contributed by atoms with E-state index in [-0.39, 0.29) is 0 Å². The van der Waals surface area contributed by atoms with Crippen LogP contribution in [0.5, 0.6) is 0 Å². The third kappa shape index (κ3) is 4.39. The first-order chi connectivity index (χ1) is 9.74. The summed E-state index contributed by atoms with van der Waals surface area (Å²) in [6.07, 6.45) is 1.49. The van der Waals surface area contributed by atoms with Gasteiger partial charge in [-0.25, -0.2) is 4.74 Å². The predicted octanol–water partition coefficient (Wildman–Crippen LogP) is 4.78. The van der Waals surface area contributed by atoms with Gasteiger partial charge in [0.25, 0.3) is 0 Å². The molecule has 0 aliphatic rings. The van der Waals surface area contributed by atoms with E-state index in [1.165, 1.54) is 17.3 Å². The van der Waals surface area contributed by atoms with E-state index < -0.39 is 5.54 Å². The van der Waals surface area contributed by atoms with Crippen LogP contribution in [0.25, 0.3) is 0 Å². The van der Waals surface area contributed by atoms with Crippen LogP contribution in [-0.2, 0) is 0 Å². The molecule has 112 valence electrons. The lowest BCUT2D eigenvalue weighted by Gasteiger charge is -2.17. The molecule has 0 atom stereocenters. The number of hydrogen-bond acceptors (Lipinski definition) is 3. The molecule has 0 N–H and O–H groups in total. The van der Waals surface area contributed by atoms with Gasteiger partial charge in [0.15, 0.2) is 16.4 Å². The average Bonchev–Trinajstić information content (AvgIpc) is 2.73. The van der Waals surface area contributed by atoms with E-state index in [1.807, 2.05) is 32.9 Å². The van der Waals surface area contributed by atoms with Crippen LogP contribution >= 0.6 is 11.8 Å². The zero-order valence-corrected chi connectivity index (χ0v) is 14.0. The topological polar surface area (TPSA) is 39.2 Å². The van der Waals surface area contributed by atoms with Gasteiger partial charge in [-0.1, -0.05) is 17.8 Å². The lowest BCUT2D eigenvalue weighted by atomic mass is 10.1. The molecule has 1 aromatic heterocycles. The Bertz CT molecular complexity index is 645. The molecule has 1 aromatic carbocycles. The van der Waals surface area contributed by atoms with Crippen molar-refractivity contribution in [2.75, 3.05) is 0 Å². The average molecular weight is 303 g/mol. The summed E-state index contributed by atoms with van der Waals surface area (Å²) in [7, 11) is 0. The summed E-state index contributed by atoms with van der Waals surface area (Å²) in [5, 5.41) is 12.7. The van der Waals surface area contributed by atoms with Crippen LogP contribution in [0.2, 0.25) is 0 Å². The van der Waals surface area contributed by atoms with Crippen molar-refractivity contribution < 1.29 is 9.16 Å². The Morgan fingerprint density at radius 1 is 1.10 bits per heavy atom. The first-order valence-corrected chi connectivity index (χ1v) is 7.73. The molecular weight excluding hydrogens is 282 g/mol. The Hall–Kier alpha value is -1.68. The van der Waals surface area contributed by atoms with Crippen LogP contribution in [0.3, 0.4) is 0 Å². The second-order valence-electron chi connectivity index (χ2n) is 6.21. The summed E-state index contributed by atoms with van der Waals surface area (Å²) in [5.41, 5.74) is 2.00. The van der Waals surface area contributed by atoms with Crippen LogP contribution in [-0.4, -0.2) is 16.5 Å². The quantitative estimate of drug-likeness (QED) is 0.355. The number of rotatable bonds is 3. The Morgan fingerprint density at radius 2 is 1.71 bits per heavy atom. The van der Waals surface area contributed by atoms with E-state index >= 15 is 0 Å². The van der Waals surface area contributed by atoms with Gasteiger partial charge in [0.05, 0.1) is 0 Å². The van der Waals surface area contributed by atoms with Crippen LogP contribution in [0.4, 0.5) is 0 Å². The maximum atomic E-state index is 11.9. The van der Waals surface area contributed by atoms with Gasteiger partial charge >= 0.3 is 0 Å². The Morgan fingerprint density at radius 3 is 2.29 bits per heavy atom. The Balaban J connectivity index is 2.17. The van der Waals surface area contributed by atoms with Crippen LogP contribution in [0.1, 0.15) is 37.7 Å². The number of benzene rings is 1. The van der Waals surface area contributed by atoms with Crippen molar-refractivity contribution >= 4 is 18.0 Å². The largest absolute Gasteiger partial charge is 0.623 e. The smallest absolute Gasteiger partial charge is 0.218 e. The van der Waals surface area contributed by atoms with Crippen molar-refractivity contribution in [2.45, 2.75) is 50.1 Å². The lowest BCUT2D eigenvalue weighted by molar-refractivity contribution is -0.530. The van der Waals surface area contributed by atoms with Crippen molar-refractivity contribution in [1.82, 2.24) is 0 Å². The molecule has 0 saturated heterocycles. The van der Waals surface area contributed by atoms with E-state index in [0.717, 1.165) is 14.7 Å².